The Balaban J connectivity index is 1.69. The van der Waals surface area contributed by atoms with Crippen molar-refractivity contribution in [2.24, 2.45) is 23.2 Å². The number of methoxy groups -OCH3 is 1. The Kier molecular flexibility index (Phi) is 11.0. The largest absolute Gasteiger partial charge is 0.390 e. The van der Waals surface area contributed by atoms with Crippen LogP contribution in [0.1, 0.15) is 104 Å². The van der Waals surface area contributed by atoms with Gasteiger partial charge in [0.1, 0.15) is 19.0 Å². The van der Waals surface area contributed by atoms with Crippen LogP contribution in [0.25, 0.3) is 0 Å². The fourth-order valence-corrected chi connectivity index (χ4v) is 7.37. The molecule has 6 atom stereocenters. The molecule has 0 bridgehead atoms. The third kappa shape index (κ3) is 8.36. The molecule has 0 aromatic rings. The molecule has 0 aromatic carbocycles. The lowest BCUT2D eigenvalue weighted by atomic mass is 9.61. The van der Waals surface area contributed by atoms with Crippen molar-refractivity contribution >= 4 is 5.91 Å². The van der Waals surface area contributed by atoms with Crippen LogP contribution in [0.2, 0.25) is 0 Å². The summed E-state index contributed by atoms with van der Waals surface area (Å²) in [5.41, 5.74) is 0.316. The van der Waals surface area contributed by atoms with Crippen LogP contribution in [0, 0.1) is 23.2 Å². The molecule has 3 fully saturated rings. The second-order valence-electron chi connectivity index (χ2n) is 13.2. The highest BCUT2D eigenvalue weighted by Crippen LogP contribution is 2.47. The summed E-state index contributed by atoms with van der Waals surface area (Å²) >= 11 is 0. The standard InChI is InChI=1S/C29H52F2N2O3/c1-28(2,3)21-9-8-10-22(16-21)29(11-6-5-7-12-29)32-18-26(34)25(33-27(35)19-36-4)15-20-13-23(30)17-24(31)14-20/h20-26,32,34H,5-19H2,1-4H3,(H,33,35). The summed E-state index contributed by atoms with van der Waals surface area (Å²) in [6.07, 6.45) is 8.67. The summed E-state index contributed by atoms with van der Waals surface area (Å²) in [7, 11) is 1.46. The molecule has 3 saturated carbocycles. The first-order chi connectivity index (χ1) is 17.0. The van der Waals surface area contributed by atoms with Gasteiger partial charge in [-0.25, -0.2) is 8.78 Å². The van der Waals surface area contributed by atoms with Crippen molar-refractivity contribution < 1.29 is 23.4 Å². The SMILES string of the molecule is COCC(=O)NC(CC1CC(F)CC(F)C1)C(O)CNC1(C2CCCC(C(C)(C)C)C2)CCCCC1. The summed E-state index contributed by atoms with van der Waals surface area (Å²) in [5.74, 6) is 0.790. The van der Waals surface area contributed by atoms with E-state index in [2.05, 4.69) is 31.4 Å². The molecule has 3 aliphatic rings. The number of hydrogen-bond acceptors (Lipinski definition) is 4. The number of ether oxygens (including phenoxy) is 1. The van der Waals surface area contributed by atoms with Gasteiger partial charge in [-0.1, -0.05) is 46.5 Å². The van der Waals surface area contributed by atoms with Gasteiger partial charge in [0.05, 0.1) is 12.1 Å². The average molecular weight is 515 g/mol. The van der Waals surface area contributed by atoms with Gasteiger partial charge in [0.15, 0.2) is 0 Å². The number of rotatable bonds is 10. The zero-order valence-corrected chi connectivity index (χ0v) is 23.2. The predicted octanol–water partition coefficient (Wildman–Crippen LogP) is 5.49. The Bertz CT molecular complexity index is 670. The van der Waals surface area contributed by atoms with Crippen LogP contribution in [-0.2, 0) is 9.53 Å². The lowest BCUT2D eigenvalue weighted by Gasteiger charge is -2.50. The maximum atomic E-state index is 14.1. The minimum absolute atomic E-state index is 0.0170. The van der Waals surface area contributed by atoms with Gasteiger partial charge in [-0.15, -0.1) is 0 Å². The number of alkyl halides is 2. The van der Waals surface area contributed by atoms with Crippen LogP contribution in [0.4, 0.5) is 8.78 Å². The minimum Gasteiger partial charge on any atom is -0.390 e. The first-order valence-electron chi connectivity index (χ1n) is 14.5. The summed E-state index contributed by atoms with van der Waals surface area (Å²) in [6.45, 7) is 7.34. The smallest absolute Gasteiger partial charge is 0.246 e. The highest BCUT2D eigenvalue weighted by Gasteiger charge is 2.44. The summed E-state index contributed by atoms with van der Waals surface area (Å²) < 4.78 is 33.1. The molecule has 1 amide bonds. The number of carbonyl (C=O) groups excluding carboxylic acids is 1. The molecule has 3 rings (SSSR count). The van der Waals surface area contributed by atoms with Gasteiger partial charge >= 0.3 is 0 Å². The first kappa shape index (κ1) is 29.8. The van der Waals surface area contributed by atoms with Crippen molar-refractivity contribution in [1.82, 2.24) is 10.6 Å². The molecule has 0 aliphatic heterocycles. The Labute approximate surface area is 217 Å². The van der Waals surface area contributed by atoms with Crippen molar-refractivity contribution in [3.8, 4) is 0 Å². The fraction of sp³-hybridized carbons (Fsp3) is 0.966. The van der Waals surface area contributed by atoms with Gasteiger partial charge in [0.2, 0.25) is 5.91 Å². The summed E-state index contributed by atoms with van der Waals surface area (Å²) in [4.78, 5) is 12.4. The van der Waals surface area contributed by atoms with Crippen molar-refractivity contribution in [1.29, 1.82) is 0 Å². The van der Waals surface area contributed by atoms with Crippen LogP contribution in [0.15, 0.2) is 0 Å². The Morgan fingerprint density at radius 2 is 1.69 bits per heavy atom. The summed E-state index contributed by atoms with van der Waals surface area (Å²) in [6, 6.07) is -0.558. The molecular formula is C29H52F2N2O3. The third-order valence-electron chi connectivity index (χ3n) is 9.45. The first-order valence-corrected chi connectivity index (χ1v) is 14.5. The number of β-amino-alcohol motifs (C(OH)–C–C–N with tert-alkyl or cyclic N) is 1. The zero-order valence-electron chi connectivity index (χ0n) is 23.2. The lowest BCUT2D eigenvalue weighted by molar-refractivity contribution is -0.126. The number of amides is 1. The number of aliphatic hydroxyl groups excluding tert-OH is 1. The summed E-state index contributed by atoms with van der Waals surface area (Å²) in [5, 5.41) is 18.0. The van der Waals surface area contributed by atoms with Crippen LogP contribution in [0.3, 0.4) is 0 Å². The molecule has 0 heterocycles. The van der Waals surface area contributed by atoms with E-state index in [-0.39, 0.29) is 43.2 Å². The van der Waals surface area contributed by atoms with Gasteiger partial charge in [-0.05, 0) is 74.5 Å². The molecule has 6 unspecified atom stereocenters. The van der Waals surface area contributed by atoms with E-state index in [1.54, 1.807) is 0 Å². The van der Waals surface area contributed by atoms with Gasteiger partial charge in [0, 0.05) is 25.6 Å². The molecular weight excluding hydrogens is 462 g/mol. The number of halogens is 2. The lowest BCUT2D eigenvalue weighted by Crippen LogP contribution is -2.58. The second kappa shape index (κ2) is 13.3. The molecule has 0 radical (unpaired) electrons. The molecule has 0 saturated heterocycles. The highest BCUT2D eigenvalue weighted by molar-refractivity contribution is 5.77. The monoisotopic (exact) mass is 514 g/mol. The third-order valence-corrected chi connectivity index (χ3v) is 9.45. The molecule has 3 aliphatic carbocycles. The number of nitrogens with one attached hydrogen (secondary N) is 2. The second-order valence-corrected chi connectivity index (χ2v) is 13.2. The van der Waals surface area contributed by atoms with Gasteiger partial charge in [0.25, 0.3) is 0 Å². The van der Waals surface area contributed by atoms with Crippen molar-refractivity contribution in [3.63, 3.8) is 0 Å². The van der Waals surface area contributed by atoms with Crippen molar-refractivity contribution in [2.75, 3.05) is 20.3 Å². The van der Waals surface area contributed by atoms with E-state index in [1.807, 2.05) is 0 Å². The van der Waals surface area contributed by atoms with E-state index >= 15 is 0 Å². The molecule has 5 nitrogen and oxygen atoms in total. The van der Waals surface area contributed by atoms with Gasteiger partial charge in [-0.3, -0.25) is 4.79 Å². The Hall–Kier alpha value is -0.790. The molecule has 0 spiro atoms. The number of carbonyl (C=O) groups is 1. The van der Waals surface area contributed by atoms with E-state index in [4.69, 9.17) is 4.74 Å². The fourth-order valence-electron chi connectivity index (χ4n) is 7.37. The van der Waals surface area contributed by atoms with Gasteiger partial charge < -0.3 is 20.5 Å². The van der Waals surface area contributed by atoms with Crippen LogP contribution >= 0.6 is 0 Å². The normalized spacial score (nSPS) is 33.0. The van der Waals surface area contributed by atoms with Gasteiger partial charge in [-0.2, -0.15) is 0 Å². The molecule has 210 valence electrons. The van der Waals surface area contributed by atoms with E-state index in [0.29, 0.717) is 30.2 Å². The van der Waals surface area contributed by atoms with Crippen LogP contribution < -0.4 is 10.6 Å². The zero-order chi connectivity index (χ0) is 26.3. The Morgan fingerprint density at radius 1 is 1.03 bits per heavy atom. The molecule has 0 aromatic heterocycles. The van der Waals surface area contributed by atoms with Crippen molar-refractivity contribution in [3.05, 3.63) is 0 Å². The predicted molar refractivity (Wildman–Crippen MR) is 140 cm³/mol. The maximum Gasteiger partial charge on any atom is 0.246 e. The quantitative estimate of drug-likeness (QED) is 0.361. The Morgan fingerprint density at radius 3 is 2.31 bits per heavy atom. The minimum atomic E-state index is -1.16. The van der Waals surface area contributed by atoms with Crippen molar-refractivity contribution in [2.45, 2.75) is 134 Å². The molecule has 3 N–H and O–H groups in total. The molecule has 36 heavy (non-hydrogen) atoms. The maximum absolute atomic E-state index is 14.1. The van der Waals surface area contributed by atoms with E-state index in [1.165, 1.54) is 52.1 Å². The van der Waals surface area contributed by atoms with Crippen LogP contribution in [0.5, 0.6) is 0 Å². The number of aliphatic hydroxyl groups is 1. The number of hydrogen-bond donors (Lipinski definition) is 3. The van der Waals surface area contributed by atoms with E-state index < -0.39 is 24.5 Å². The molecule has 7 heteroatoms. The van der Waals surface area contributed by atoms with E-state index in [0.717, 1.165) is 12.8 Å². The highest BCUT2D eigenvalue weighted by atomic mass is 19.1. The van der Waals surface area contributed by atoms with E-state index in [9.17, 15) is 18.7 Å². The topological polar surface area (TPSA) is 70.6 Å². The van der Waals surface area contributed by atoms with Crippen LogP contribution in [-0.4, -0.2) is 61.3 Å². The average Bonchev–Trinajstić information content (AvgIpc) is 2.82.